The lowest BCUT2D eigenvalue weighted by Gasteiger charge is -2.14. The molecule has 17 heavy (non-hydrogen) atoms. The predicted octanol–water partition coefficient (Wildman–Crippen LogP) is 0.901. The minimum atomic E-state index is 0.0745. The van der Waals surface area contributed by atoms with Crippen LogP contribution in [-0.4, -0.2) is 37.3 Å². The monoisotopic (exact) mass is 242 g/mol. The maximum atomic E-state index is 11.5. The largest absolute Gasteiger partial charge is 0.396 e. The van der Waals surface area contributed by atoms with Gasteiger partial charge >= 0.3 is 0 Å². The highest BCUT2D eigenvalue weighted by Gasteiger charge is 2.41. The lowest BCUT2D eigenvalue weighted by atomic mass is 10.0. The third kappa shape index (κ3) is 6.03. The zero-order valence-corrected chi connectivity index (χ0v) is 11.1. The molecule has 0 aromatic carbocycles. The van der Waals surface area contributed by atoms with Crippen LogP contribution < -0.4 is 10.6 Å². The first kappa shape index (κ1) is 14.5. The maximum absolute atomic E-state index is 11.5. The Bertz CT molecular complexity index is 238. The average Bonchev–Trinajstić information content (AvgIpc) is 2.98. The molecule has 1 aliphatic carbocycles. The number of nitrogens with one attached hydrogen (secondary N) is 2. The summed E-state index contributed by atoms with van der Waals surface area (Å²) in [5, 5.41) is 15.0. The number of aliphatic hydroxyl groups is 1. The summed E-state index contributed by atoms with van der Waals surface area (Å²) >= 11 is 0. The Labute approximate surface area is 104 Å². The van der Waals surface area contributed by atoms with E-state index in [0.717, 1.165) is 25.9 Å². The van der Waals surface area contributed by atoms with Crippen LogP contribution in [0.2, 0.25) is 0 Å². The third-order valence-corrected chi connectivity index (χ3v) is 3.43. The molecule has 0 bridgehead atoms. The summed E-state index contributed by atoms with van der Waals surface area (Å²) in [6.45, 7) is 6.56. The van der Waals surface area contributed by atoms with Crippen LogP contribution in [0.4, 0.5) is 0 Å². The molecule has 4 heteroatoms. The van der Waals surface area contributed by atoms with Gasteiger partial charge < -0.3 is 15.7 Å². The Kier molecular flexibility index (Phi) is 5.92. The van der Waals surface area contributed by atoms with Gasteiger partial charge in [-0.15, -0.1) is 0 Å². The molecule has 100 valence electrons. The normalized spacial score (nSPS) is 17.2. The van der Waals surface area contributed by atoms with E-state index in [-0.39, 0.29) is 17.9 Å². The van der Waals surface area contributed by atoms with E-state index in [1.165, 1.54) is 12.8 Å². The highest BCUT2D eigenvalue weighted by Crippen LogP contribution is 2.47. The number of hydrogen-bond acceptors (Lipinski definition) is 3. The second-order valence-corrected chi connectivity index (χ2v) is 5.61. The van der Waals surface area contributed by atoms with Gasteiger partial charge in [0.1, 0.15) is 0 Å². The van der Waals surface area contributed by atoms with Crippen molar-refractivity contribution in [1.29, 1.82) is 0 Å². The van der Waals surface area contributed by atoms with Crippen molar-refractivity contribution in [3.63, 3.8) is 0 Å². The zero-order chi connectivity index (χ0) is 12.7. The van der Waals surface area contributed by atoms with Crippen LogP contribution in [-0.2, 0) is 4.79 Å². The van der Waals surface area contributed by atoms with Crippen molar-refractivity contribution in [2.24, 2.45) is 11.3 Å². The zero-order valence-electron chi connectivity index (χ0n) is 11.1. The van der Waals surface area contributed by atoms with E-state index in [1.54, 1.807) is 0 Å². The number of aliphatic hydroxyl groups excluding tert-OH is 1. The van der Waals surface area contributed by atoms with Crippen LogP contribution >= 0.6 is 0 Å². The number of carbonyl (C=O) groups excluding carboxylic acids is 1. The molecule has 0 saturated heterocycles. The minimum Gasteiger partial charge on any atom is -0.396 e. The van der Waals surface area contributed by atoms with Crippen molar-refractivity contribution < 1.29 is 9.90 Å². The van der Waals surface area contributed by atoms with Crippen molar-refractivity contribution >= 4 is 5.91 Å². The van der Waals surface area contributed by atoms with Gasteiger partial charge in [-0.2, -0.15) is 0 Å². The van der Waals surface area contributed by atoms with Crippen molar-refractivity contribution in [3.8, 4) is 0 Å². The summed E-state index contributed by atoms with van der Waals surface area (Å²) < 4.78 is 0. The van der Waals surface area contributed by atoms with Gasteiger partial charge in [-0.3, -0.25) is 4.79 Å². The number of amides is 1. The fourth-order valence-corrected chi connectivity index (χ4v) is 1.93. The van der Waals surface area contributed by atoms with Gasteiger partial charge in [-0.1, -0.05) is 13.8 Å². The van der Waals surface area contributed by atoms with Crippen molar-refractivity contribution in [2.45, 2.75) is 39.5 Å². The molecule has 0 aromatic rings. The molecular weight excluding hydrogens is 216 g/mol. The summed E-state index contributed by atoms with van der Waals surface area (Å²) in [7, 11) is 0. The van der Waals surface area contributed by atoms with E-state index in [9.17, 15) is 4.79 Å². The molecule has 1 saturated carbocycles. The van der Waals surface area contributed by atoms with E-state index in [2.05, 4.69) is 24.5 Å². The van der Waals surface area contributed by atoms with Gasteiger partial charge in [-0.25, -0.2) is 0 Å². The first-order valence-electron chi connectivity index (χ1n) is 6.66. The summed E-state index contributed by atoms with van der Waals surface area (Å²) in [6.07, 6.45) is 4.24. The molecule has 0 aliphatic heterocycles. The summed E-state index contributed by atoms with van der Waals surface area (Å²) in [5.41, 5.74) is 0.285. The fourth-order valence-electron chi connectivity index (χ4n) is 1.93. The van der Waals surface area contributed by atoms with Crippen LogP contribution in [0.5, 0.6) is 0 Å². The SMILES string of the molecule is CC(C)CCNC(=O)CNCC1(CCO)CC1. The first-order valence-corrected chi connectivity index (χ1v) is 6.66. The van der Waals surface area contributed by atoms with Gasteiger partial charge in [0.15, 0.2) is 0 Å². The van der Waals surface area contributed by atoms with E-state index >= 15 is 0 Å². The summed E-state index contributed by atoms with van der Waals surface area (Å²) in [6, 6.07) is 0. The van der Waals surface area contributed by atoms with E-state index in [1.807, 2.05) is 0 Å². The van der Waals surface area contributed by atoms with Gasteiger partial charge in [0, 0.05) is 19.7 Å². The molecule has 0 unspecified atom stereocenters. The first-order chi connectivity index (χ1) is 8.08. The van der Waals surface area contributed by atoms with Gasteiger partial charge in [0.05, 0.1) is 6.54 Å². The molecule has 0 aromatic heterocycles. The van der Waals surface area contributed by atoms with Crippen LogP contribution in [0.1, 0.15) is 39.5 Å². The Hall–Kier alpha value is -0.610. The van der Waals surface area contributed by atoms with Crippen LogP contribution in [0.25, 0.3) is 0 Å². The lowest BCUT2D eigenvalue weighted by molar-refractivity contribution is -0.120. The Morgan fingerprint density at radius 3 is 2.65 bits per heavy atom. The highest BCUT2D eigenvalue weighted by atomic mass is 16.3. The highest BCUT2D eigenvalue weighted by molar-refractivity contribution is 5.77. The summed E-state index contributed by atoms with van der Waals surface area (Å²) in [4.78, 5) is 11.5. The molecule has 0 radical (unpaired) electrons. The smallest absolute Gasteiger partial charge is 0.233 e. The molecule has 1 fully saturated rings. The Balaban J connectivity index is 2.00. The fraction of sp³-hybridized carbons (Fsp3) is 0.923. The standard InChI is InChI=1S/C13H26N2O2/c1-11(2)3-7-15-12(17)9-14-10-13(4-5-13)6-8-16/h11,14,16H,3-10H2,1-2H3,(H,15,17). The van der Waals surface area contributed by atoms with E-state index < -0.39 is 0 Å². The molecule has 1 rings (SSSR count). The molecule has 4 nitrogen and oxygen atoms in total. The second-order valence-electron chi connectivity index (χ2n) is 5.61. The van der Waals surface area contributed by atoms with Crippen molar-refractivity contribution in [2.75, 3.05) is 26.2 Å². The van der Waals surface area contributed by atoms with Crippen molar-refractivity contribution in [1.82, 2.24) is 10.6 Å². The number of rotatable bonds is 9. The van der Waals surface area contributed by atoms with Gasteiger partial charge in [0.2, 0.25) is 5.91 Å². The molecule has 0 spiro atoms. The van der Waals surface area contributed by atoms with Crippen LogP contribution in [0.3, 0.4) is 0 Å². The minimum absolute atomic E-state index is 0.0745. The summed E-state index contributed by atoms with van der Waals surface area (Å²) in [5.74, 6) is 0.702. The maximum Gasteiger partial charge on any atom is 0.233 e. The molecular formula is C13H26N2O2. The topological polar surface area (TPSA) is 61.4 Å². The predicted molar refractivity (Wildman–Crippen MR) is 68.7 cm³/mol. The third-order valence-electron chi connectivity index (χ3n) is 3.43. The van der Waals surface area contributed by atoms with Gasteiger partial charge in [-0.05, 0) is 37.0 Å². The Morgan fingerprint density at radius 1 is 1.41 bits per heavy atom. The Morgan fingerprint density at radius 2 is 2.12 bits per heavy atom. The molecule has 1 amide bonds. The molecule has 1 aliphatic rings. The number of hydrogen-bond donors (Lipinski definition) is 3. The molecule has 0 heterocycles. The molecule has 3 N–H and O–H groups in total. The van der Waals surface area contributed by atoms with Crippen molar-refractivity contribution in [3.05, 3.63) is 0 Å². The lowest BCUT2D eigenvalue weighted by Crippen LogP contribution is -2.37. The molecule has 0 atom stereocenters. The van der Waals surface area contributed by atoms with E-state index in [0.29, 0.717) is 12.5 Å². The quantitative estimate of drug-likeness (QED) is 0.563. The van der Waals surface area contributed by atoms with Crippen LogP contribution in [0, 0.1) is 11.3 Å². The average molecular weight is 242 g/mol. The number of carbonyl (C=O) groups is 1. The van der Waals surface area contributed by atoms with E-state index in [4.69, 9.17) is 5.11 Å². The van der Waals surface area contributed by atoms with Gasteiger partial charge in [0.25, 0.3) is 0 Å². The second kappa shape index (κ2) is 6.97. The van der Waals surface area contributed by atoms with Crippen LogP contribution in [0.15, 0.2) is 0 Å².